The van der Waals surface area contributed by atoms with Crippen molar-refractivity contribution in [2.75, 3.05) is 12.8 Å². The van der Waals surface area contributed by atoms with Crippen LogP contribution in [0.3, 0.4) is 0 Å². The Morgan fingerprint density at radius 3 is 2.62 bits per heavy atom. The van der Waals surface area contributed by atoms with Crippen molar-refractivity contribution in [2.45, 2.75) is 39.7 Å². The van der Waals surface area contributed by atoms with Crippen LogP contribution in [0.25, 0.3) is 0 Å². The molecule has 1 aromatic heterocycles. The Labute approximate surface area is 98.5 Å². The smallest absolute Gasteiger partial charge is 0.0378 e. The quantitative estimate of drug-likeness (QED) is 0.819. The largest absolute Gasteiger partial charge is 0.398 e. The van der Waals surface area contributed by atoms with Crippen molar-refractivity contribution in [3.63, 3.8) is 0 Å². The molecule has 0 saturated carbocycles. The van der Waals surface area contributed by atoms with Crippen LogP contribution in [0, 0.1) is 5.41 Å². The molecule has 1 unspecified atom stereocenters. The zero-order chi connectivity index (χ0) is 12.2. The number of pyridine rings is 1. The second-order valence-corrected chi connectivity index (χ2v) is 5.53. The summed E-state index contributed by atoms with van der Waals surface area (Å²) in [5.74, 6) is 0. The zero-order valence-corrected chi connectivity index (χ0v) is 10.7. The topological polar surface area (TPSA) is 50.9 Å². The fourth-order valence-corrected chi connectivity index (χ4v) is 1.89. The lowest BCUT2D eigenvalue weighted by molar-refractivity contribution is 0.316. The maximum atomic E-state index is 5.92. The molecule has 16 heavy (non-hydrogen) atoms. The van der Waals surface area contributed by atoms with E-state index in [9.17, 15) is 0 Å². The van der Waals surface area contributed by atoms with E-state index in [0.29, 0.717) is 11.5 Å². The van der Waals surface area contributed by atoms with Crippen LogP contribution in [-0.4, -0.2) is 18.1 Å². The maximum absolute atomic E-state index is 5.92. The fraction of sp³-hybridized carbons (Fsp3) is 0.615. The molecule has 0 fully saturated rings. The molecule has 3 nitrogen and oxygen atoms in total. The van der Waals surface area contributed by atoms with Gasteiger partial charge in [0.2, 0.25) is 0 Å². The standard InChI is InChI=1S/C13H23N3/c1-13(2,3)8-11(15-4)7-10-9-16-6-5-12(10)14/h5-6,9,11,15H,7-8H2,1-4H3,(H2,14,16). The molecule has 0 aliphatic heterocycles. The molecule has 1 atom stereocenters. The van der Waals surface area contributed by atoms with Crippen LogP contribution >= 0.6 is 0 Å². The molecule has 3 N–H and O–H groups in total. The predicted octanol–water partition coefficient (Wildman–Crippen LogP) is 2.23. The van der Waals surface area contributed by atoms with E-state index in [1.54, 1.807) is 6.20 Å². The van der Waals surface area contributed by atoms with Crippen molar-refractivity contribution in [1.29, 1.82) is 0 Å². The van der Waals surface area contributed by atoms with Crippen molar-refractivity contribution in [1.82, 2.24) is 10.3 Å². The summed E-state index contributed by atoms with van der Waals surface area (Å²) in [6.07, 6.45) is 5.66. The molecule has 0 bridgehead atoms. The molecular weight excluding hydrogens is 198 g/mol. The average molecular weight is 221 g/mol. The van der Waals surface area contributed by atoms with Gasteiger partial charge in [0.05, 0.1) is 0 Å². The van der Waals surface area contributed by atoms with E-state index >= 15 is 0 Å². The second-order valence-electron chi connectivity index (χ2n) is 5.53. The number of rotatable bonds is 4. The highest BCUT2D eigenvalue weighted by Gasteiger charge is 2.18. The highest BCUT2D eigenvalue weighted by atomic mass is 14.9. The summed E-state index contributed by atoms with van der Waals surface area (Å²) < 4.78 is 0. The first-order valence-electron chi connectivity index (χ1n) is 5.78. The number of anilines is 1. The Morgan fingerprint density at radius 2 is 2.12 bits per heavy atom. The lowest BCUT2D eigenvalue weighted by atomic mass is 9.86. The summed E-state index contributed by atoms with van der Waals surface area (Å²) in [5, 5.41) is 3.35. The van der Waals surface area contributed by atoms with E-state index < -0.39 is 0 Å². The van der Waals surface area contributed by atoms with Crippen LogP contribution in [0.2, 0.25) is 0 Å². The van der Waals surface area contributed by atoms with E-state index in [1.807, 2.05) is 19.3 Å². The molecule has 1 heterocycles. The lowest BCUT2D eigenvalue weighted by Gasteiger charge is -2.26. The van der Waals surface area contributed by atoms with E-state index in [1.165, 1.54) is 0 Å². The van der Waals surface area contributed by atoms with Crippen molar-refractivity contribution >= 4 is 5.69 Å². The van der Waals surface area contributed by atoms with Gasteiger partial charge < -0.3 is 11.1 Å². The van der Waals surface area contributed by atoms with Gasteiger partial charge >= 0.3 is 0 Å². The van der Waals surface area contributed by atoms with Gasteiger partial charge in [-0.25, -0.2) is 0 Å². The third kappa shape index (κ3) is 4.19. The van der Waals surface area contributed by atoms with Gasteiger partial charge in [0, 0.05) is 24.1 Å². The summed E-state index contributed by atoms with van der Waals surface area (Å²) in [4.78, 5) is 4.12. The van der Waals surface area contributed by atoms with Crippen molar-refractivity contribution in [3.05, 3.63) is 24.0 Å². The molecule has 0 radical (unpaired) electrons. The summed E-state index contributed by atoms with van der Waals surface area (Å²) in [6.45, 7) is 6.76. The van der Waals surface area contributed by atoms with Crippen LogP contribution in [0.15, 0.2) is 18.5 Å². The minimum Gasteiger partial charge on any atom is -0.398 e. The van der Waals surface area contributed by atoms with Gasteiger partial charge in [-0.1, -0.05) is 20.8 Å². The molecule has 1 aromatic rings. The molecule has 0 aliphatic carbocycles. The number of nitrogens with zero attached hydrogens (tertiary/aromatic N) is 1. The Hall–Kier alpha value is -1.09. The van der Waals surface area contributed by atoms with Gasteiger partial charge in [0.15, 0.2) is 0 Å². The summed E-state index contributed by atoms with van der Waals surface area (Å²) in [7, 11) is 2.00. The van der Waals surface area contributed by atoms with Gasteiger partial charge in [-0.3, -0.25) is 4.98 Å². The number of likely N-dealkylation sites (N-methyl/N-ethyl adjacent to an activating group) is 1. The van der Waals surface area contributed by atoms with E-state index in [2.05, 4.69) is 31.1 Å². The first kappa shape index (κ1) is 13.0. The number of nitrogen functional groups attached to an aromatic ring is 1. The average Bonchev–Trinajstić information content (AvgIpc) is 2.18. The normalized spacial score (nSPS) is 13.8. The maximum Gasteiger partial charge on any atom is 0.0378 e. The first-order valence-corrected chi connectivity index (χ1v) is 5.78. The molecule has 1 rings (SSSR count). The van der Waals surface area contributed by atoms with Gasteiger partial charge in [-0.2, -0.15) is 0 Å². The number of nitrogens with one attached hydrogen (secondary N) is 1. The second kappa shape index (κ2) is 5.30. The Balaban J connectivity index is 2.67. The number of hydrogen-bond acceptors (Lipinski definition) is 3. The zero-order valence-electron chi connectivity index (χ0n) is 10.7. The summed E-state index contributed by atoms with van der Waals surface area (Å²) in [5.41, 5.74) is 8.21. The Kier molecular flexibility index (Phi) is 4.30. The lowest BCUT2D eigenvalue weighted by Crippen LogP contribution is -2.32. The van der Waals surface area contributed by atoms with E-state index in [-0.39, 0.29) is 0 Å². The molecule has 0 aromatic carbocycles. The molecule has 3 heteroatoms. The van der Waals surface area contributed by atoms with Crippen LogP contribution in [0.1, 0.15) is 32.8 Å². The van der Waals surface area contributed by atoms with Crippen molar-refractivity contribution in [2.24, 2.45) is 5.41 Å². The third-order valence-electron chi connectivity index (χ3n) is 2.67. The molecule has 0 amide bonds. The number of nitrogens with two attached hydrogens (primary N) is 1. The molecule has 0 aliphatic rings. The molecule has 90 valence electrons. The van der Waals surface area contributed by atoms with E-state index in [4.69, 9.17) is 5.73 Å². The third-order valence-corrected chi connectivity index (χ3v) is 2.67. The highest BCUT2D eigenvalue weighted by molar-refractivity contribution is 5.44. The number of hydrogen-bond donors (Lipinski definition) is 2. The fourth-order valence-electron chi connectivity index (χ4n) is 1.89. The van der Waals surface area contributed by atoms with Gasteiger partial charge in [-0.15, -0.1) is 0 Å². The van der Waals surface area contributed by atoms with Crippen LogP contribution < -0.4 is 11.1 Å². The minimum absolute atomic E-state index is 0.324. The van der Waals surface area contributed by atoms with E-state index in [0.717, 1.165) is 24.1 Å². The summed E-state index contributed by atoms with van der Waals surface area (Å²) in [6, 6.07) is 2.31. The Bertz CT molecular complexity index is 328. The van der Waals surface area contributed by atoms with Crippen molar-refractivity contribution < 1.29 is 0 Å². The van der Waals surface area contributed by atoms with Gasteiger partial charge in [-0.05, 0) is 36.9 Å². The highest BCUT2D eigenvalue weighted by Crippen LogP contribution is 2.23. The van der Waals surface area contributed by atoms with Crippen LogP contribution in [-0.2, 0) is 6.42 Å². The molecular formula is C13H23N3. The number of aromatic nitrogens is 1. The molecule has 0 saturated heterocycles. The summed E-state index contributed by atoms with van der Waals surface area (Å²) >= 11 is 0. The Morgan fingerprint density at radius 1 is 1.44 bits per heavy atom. The van der Waals surface area contributed by atoms with Gasteiger partial charge in [0.25, 0.3) is 0 Å². The minimum atomic E-state index is 0.324. The predicted molar refractivity (Wildman–Crippen MR) is 69.3 cm³/mol. The monoisotopic (exact) mass is 221 g/mol. The van der Waals surface area contributed by atoms with Crippen molar-refractivity contribution in [3.8, 4) is 0 Å². The first-order chi connectivity index (χ1) is 7.42. The SMILES string of the molecule is CNC(Cc1cnccc1N)CC(C)(C)C. The van der Waals surface area contributed by atoms with Gasteiger partial charge in [0.1, 0.15) is 0 Å². The van der Waals surface area contributed by atoms with Crippen LogP contribution in [0.5, 0.6) is 0 Å². The molecule has 0 spiro atoms. The van der Waals surface area contributed by atoms with Crippen LogP contribution in [0.4, 0.5) is 5.69 Å².